The average molecular weight is 426 g/mol. The first-order chi connectivity index (χ1) is 11.8. The van der Waals surface area contributed by atoms with Crippen molar-refractivity contribution >= 4 is 49.5 Å². The van der Waals surface area contributed by atoms with Gasteiger partial charge < -0.3 is 10.1 Å². The van der Waals surface area contributed by atoms with Gasteiger partial charge in [-0.3, -0.25) is 9.52 Å². The standard InChI is InChI=1S/C16H16BrN3O4S/c1-24-15-7-6-12(17)9-11(15)5-8-16(21)19-13-3-2-4-14(10-13)20-25(18,22)23/h2-10,20H,1H3,(H,19,21)(H2,18,22,23). The van der Waals surface area contributed by atoms with E-state index in [0.717, 1.165) is 10.0 Å². The Morgan fingerprint density at radius 3 is 2.60 bits per heavy atom. The number of methoxy groups -OCH3 is 1. The molecule has 1 amide bonds. The first kappa shape index (κ1) is 19.0. The van der Waals surface area contributed by atoms with Crippen molar-refractivity contribution in [2.75, 3.05) is 17.1 Å². The van der Waals surface area contributed by atoms with Crippen molar-refractivity contribution in [1.82, 2.24) is 0 Å². The summed E-state index contributed by atoms with van der Waals surface area (Å²) in [5.74, 6) is 0.251. The molecule has 2 aromatic rings. The van der Waals surface area contributed by atoms with Crippen molar-refractivity contribution in [2.45, 2.75) is 0 Å². The maximum Gasteiger partial charge on any atom is 0.296 e. The lowest BCUT2D eigenvalue weighted by molar-refractivity contribution is -0.111. The van der Waals surface area contributed by atoms with Crippen molar-refractivity contribution in [1.29, 1.82) is 0 Å². The Kier molecular flexibility index (Phi) is 6.18. The molecule has 0 saturated heterocycles. The summed E-state index contributed by atoms with van der Waals surface area (Å²) >= 11 is 3.36. The second kappa shape index (κ2) is 8.15. The van der Waals surface area contributed by atoms with Crippen molar-refractivity contribution < 1.29 is 17.9 Å². The van der Waals surface area contributed by atoms with Crippen LogP contribution in [0.2, 0.25) is 0 Å². The Bertz CT molecular complexity index is 913. The zero-order valence-electron chi connectivity index (χ0n) is 13.2. The Balaban J connectivity index is 2.10. The molecule has 0 aliphatic carbocycles. The molecule has 7 nitrogen and oxygen atoms in total. The summed E-state index contributed by atoms with van der Waals surface area (Å²) in [6.45, 7) is 0. The highest BCUT2D eigenvalue weighted by Gasteiger charge is 2.05. The van der Waals surface area contributed by atoms with Gasteiger partial charge in [-0.2, -0.15) is 8.42 Å². The largest absolute Gasteiger partial charge is 0.496 e. The molecule has 0 saturated carbocycles. The lowest BCUT2D eigenvalue weighted by Gasteiger charge is -2.07. The van der Waals surface area contributed by atoms with Gasteiger partial charge in [-0.05, 0) is 42.5 Å². The van der Waals surface area contributed by atoms with Crippen LogP contribution in [0.1, 0.15) is 5.56 Å². The molecule has 0 heterocycles. The van der Waals surface area contributed by atoms with Crippen LogP contribution >= 0.6 is 15.9 Å². The van der Waals surface area contributed by atoms with Gasteiger partial charge in [0.15, 0.2) is 0 Å². The van der Waals surface area contributed by atoms with Crippen molar-refractivity contribution in [3.05, 3.63) is 58.6 Å². The number of benzene rings is 2. The predicted octanol–water partition coefficient (Wildman–Crippen LogP) is 2.72. The number of rotatable bonds is 6. The average Bonchev–Trinajstić information content (AvgIpc) is 2.52. The zero-order chi connectivity index (χ0) is 18.4. The molecule has 0 aromatic heterocycles. The summed E-state index contributed by atoms with van der Waals surface area (Å²) in [5.41, 5.74) is 1.40. The normalized spacial score (nSPS) is 11.3. The van der Waals surface area contributed by atoms with Crippen LogP contribution in [-0.2, 0) is 15.0 Å². The topological polar surface area (TPSA) is 111 Å². The molecular formula is C16H16BrN3O4S. The molecule has 0 aliphatic rings. The third-order valence-corrected chi connectivity index (χ3v) is 4.01. The van der Waals surface area contributed by atoms with Gasteiger partial charge in [-0.15, -0.1) is 0 Å². The predicted molar refractivity (Wildman–Crippen MR) is 102 cm³/mol. The minimum atomic E-state index is -3.88. The van der Waals surface area contributed by atoms with Crippen molar-refractivity contribution in [2.24, 2.45) is 5.14 Å². The van der Waals surface area contributed by atoms with Gasteiger partial charge in [0, 0.05) is 21.8 Å². The number of hydrogen-bond donors (Lipinski definition) is 3. The Hall–Kier alpha value is -2.36. The summed E-state index contributed by atoms with van der Waals surface area (Å²) in [4.78, 5) is 12.1. The van der Waals surface area contributed by atoms with Crippen LogP contribution in [0.5, 0.6) is 5.75 Å². The fourth-order valence-electron chi connectivity index (χ4n) is 2.01. The van der Waals surface area contributed by atoms with E-state index in [4.69, 9.17) is 9.88 Å². The van der Waals surface area contributed by atoms with Crippen LogP contribution in [0.4, 0.5) is 11.4 Å². The van der Waals surface area contributed by atoms with Gasteiger partial charge in [0.25, 0.3) is 10.2 Å². The number of amides is 1. The maximum absolute atomic E-state index is 12.1. The minimum absolute atomic E-state index is 0.248. The van der Waals surface area contributed by atoms with E-state index in [9.17, 15) is 13.2 Å². The summed E-state index contributed by atoms with van der Waals surface area (Å²) in [7, 11) is -2.33. The van der Waals surface area contributed by atoms with E-state index in [0.29, 0.717) is 11.4 Å². The molecular weight excluding hydrogens is 410 g/mol. The molecule has 0 fully saturated rings. The number of nitrogens with one attached hydrogen (secondary N) is 2. The molecule has 4 N–H and O–H groups in total. The monoisotopic (exact) mass is 425 g/mol. The summed E-state index contributed by atoms with van der Waals surface area (Å²) in [6, 6.07) is 11.6. The summed E-state index contributed by atoms with van der Waals surface area (Å²) in [6.07, 6.45) is 2.97. The van der Waals surface area contributed by atoms with Crippen LogP contribution in [0.25, 0.3) is 6.08 Å². The molecule has 0 atom stereocenters. The van der Waals surface area contributed by atoms with Crippen LogP contribution in [0, 0.1) is 0 Å². The van der Waals surface area contributed by atoms with E-state index in [-0.39, 0.29) is 11.6 Å². The van der Waals surface area contributed by atoms with E-state index in [1.54, 1.807) is 31.4 Å². The fourth-order valence-corrected chi connectivity index (χ4v) is 2.84. The molecule has 25 heavy (non-hydrogen) atoms. The number of ether oxygens (including phenoxy) is 1. The number of anilines is 2. The van der Waals surface area contributed by atoms with Gasteiger partial charge in [0.05, 0.1) is 12.8 Å². The molecule has 9 heteroatoms. The Labute approximate surface area is 154 Å². The van der Waals surface area contributed by atoms with E-state index < -0.39 is 10.2 Å². The van der Waals surface area contributed by atoms with Gasteiger partial charge in [-0.1, -0.05) is 22.0 Å². The smallest absolute Gasteiger partial charge is 0.296 e. The second-order valence-electron chi connectivity index (χ2n) is 4.94. The number of hydrogen-bond acceptors (Lipinski definition) is 4. The number of carbonyl (C=O) groups excluding carboxylic acids is 1. The van der Waals surface area contributed by atoms with Crippen LogP contribution in [0.15, 0.2) is 53.0 Å². The highest BCUT2D eigenvalue weighted by molar-refractivity contribution is 9.10. The minimum Gasteiger partial charge on any atom is -0.496 e. The molecule has 2 aromatic carbocycles. The SMILES string of the molecule is COc1ccc(Br)cc1C=CC(=O)Nc1cccc(NS(N)(=O)=O)c1. The van der Waals surface area contributed by atoms with E-state index in [1.165, 1.54) is 18.2 Å². The Morgan fingerprint density at radius 2 is 1.92 bits per heavy atom. The van der Waals surface area contributed by atoms with Gasteiger partial charge in [0.2, 0.25) is 5.91 Å². The van der Waals surface area contributed by atoms with Crippen molar-refractivity contribution in [3.63, 3.8) is 0 Å². The van der Waals surface area contributed by atoms with Crippen LogP contribution < -0.4 is 19.9 Å². The third-order valence-electron chi connectivity index (χ3n) is 3.00. The molecule has 0 aliphatic heterocycles. The van der Waals surface area contributed by atoms with E-state index >= 15 is 0 Å². The molecule has 0 radical (unpaired) electrons. The third kappa shape index (κ3) is 6.22. The maximum atomic E-state index is 12.1. The van der Waals surface area contributed by atoms with E-state index in [1.807, 2.05) is 12.1 Å². The van der Waals surface area contributed by atoms with Crippen LogP contribution in [0.3, 0.4) is 0 Å². The highest BCUT2D eigenvalue weighted by Crippen LogP contribution is 2.24. The zero-order valence-corrected chi connectivity index (χ0v) is 15.6. The quantitative estimate of drug-likeness (QED) is 0.617. The van der Waals surface area contributed by atoms with Gasteiger partial charge >= 0.3 is 0 Å². The number of nitrogens with two attached hydrogens (primary N) is 1. The summed E-state index contributed by atoms with van der Waals surface area (Å²) < 4.78 is 30.3. The molecule has 0 unspecified atom stereocenters. The first-order valence-electron chi connectivity index (χ1n) is 7.00. The van der Waals surface area contributed by atoms with Gasteiger partial charge in [0.1, 0.15) is 5.75 Å². The lowest BCUT2D eigenvalue weighted by Crippen LogP contribution is -2.21. The number of carbonyl (C=O) groups is 1. The molecule has 0 spiro atoms. The molecule has 0 bridgehead atoms. The van der Waals surface area contributed by atoms with Gasteiger partial charge in [-0.25, -0.2) is 5.14 Å². The molecule has 2 rings (SSSR count). The summed E-state index contributed by atoms with van der Waals surface area (Å²) in [5, 5.41) is 7.55. The Morgan fingerprint density at radius 1 is 1.20 bits per heavy atom. The highest BCUT2D eigenvalue weighted by atomic mass is 79.9. The van der Waals surface area contributed by atoms with Crippen molar-refractivity contribution in [3.8, 4) is 5.75 Å². The lowest BCUT2D eigenvalue weighted by atomic mass is 10.2. The van der Waals surface area contributed by atoms with E-state index in [2.05, 4.69) is 26.0 Å². The fraction of sp³-hybridized carbons (Fsp3) is 0.0625. The molecule has 132 valence electrons. The second-order valence-corrected chi connectivity index (χ2v) is 7.15. The first-order valence-corrected chi connectivity index (χ1v) is 9.34. The number of halogens is 1. The van der Waals surface area contributed by atoms with Crippen LogP contribution in [-0.4, -0.2) is 21.4 Å².